The smallest absolute Gasteiger partial charge is 0.343 e. The summed E-state index contributed by atoms with van der Waals surface area (Å²) in [6.45, 7) is 0. The first-order valence-corrected chi connectivity index (χ1v) is 9.34. The van der Waals surface area contributed by atoms with Gasteiger partial charge in [0.15, 0.2) is 12.0 Å². The number of esters is 1. The van der Waals surface area contributed by atoms with Crippen molar-refractivity contribution in [2.24, 2.45) is 5.73 Å². The third-order valence-corrected chi connectivity index (χ3v) is 4.76. The van der Waals surface area contributed by atoms with Crippen molar-refractivity contribution in [3.8, 4) is 5.75 Å². The normalized spacial score (nSPS) is 15.8. The Labute approximate surface area is 176 Å². The van der Waals surface area contributed by atoms with E-state index in [9.17, 15) is 14.0 Å². The van der Waals surface area contributed by atoms with Crippen LogP contribution in [0.5, 0.6) is 5.75 Å². The molecule has 1 heterocycles. The van der Waals surface area contributed by atoms with Gasteiger partial charge in [-0.15, -0.1) is 0 Å². The predicted molar refractivity (Wildman–Crippen MR) is 109 cm³/mol. The second kappa shape index (κ2) is 8.00. The lowest BCUT2D eigenvalue weighted by atomic mass is 9.96. The molecule has 4 rings (SSSR count). The van der Waals surface area contributed by atoms with Gasteiger partial charge in [-0.25, -0.2) is 9.18 Å². The van der Waals surface area contributed by atoms with Gasteiger partial charge in [0.25, 0.3) is 0 Å². The number of nitrogens with two attached hydrogens (primary N) is 1. The molecule has 1 atom stereocenters. The van der Waals surface area contributed by atoms with Crippen molar-refractivity contribution in [1.82, 2.24) is 0 Å². The topological polar surface area (TPSA) is 78.6 Å². The summed E-state index contributed by atoms with van der Waals surface area (Å²) >= 11 is 5.91. The van der Waals surface area contributed by atoms with Crippen molar-refractivity contribution >= 4 is 28.9 Å². The van der Waals surface area contributed by atoms with Crippen molar-refractivity contribution in [3.63, 3.8) is 0 Å². The van der Waals surface area contributed by atoms with Gasteiger partial charge in [-0.2, -0.15) is 0 Å². The first-order chi connectivity index (χ1) is 14.4. The Hall–Kier alpha value is -3.64. The van der Waals surface area contributed by atoms with E-state index in [2.05, 4.69) is 0 Å². The van der Waals surface area contributed by atoms with Crippen LogP contribution in [0, 0.1) is 5.82 Å². The van der Waals surface area contributed by atoms with Gasteiger partial charge in [-0.3, -0.25) is 4.79 Å². The molecule has 0 amide bonds. The molecule has 2 N–H and O–H groups in total. The van der Waals surface area contributed by atoms with Gasteiger partial charge < -0.3 is 15.2 Å². The van der Waals surface area contributed by atoms with Crippen LogP contribution in [0.15, 0.2) is 78.7 Å². The number of halogens is 2. The molecule has 1 aliphatic heterocycles. The van der Waals surface area contributed by atoms with Crippen LogP contribution >= 0.6 is 11.6 Å². The van der Waals surface area contributed by atoms with E-state index in [1.165, 1.54) is 30.3 Å². The minimum atomic E-state index is -1.04. The molecular weight excluding hydrogens is 409 g/mol. The van der Waals surface area contributed by atoms with Gasteiger partial charge in [-0.05, 0) is 48.0 Å². The van der Waals surface area contributed by atoms with Crippen molar-refractivity contribution in [2.45, 2.75) is 6.10 Å². The van der Waals surface area contributed by atoms with E-state index < -0.39 is 23.7 Å². The Bertz CT molecular complexity index is 1190. The molecule has 30 heavy (non-hydrogen) atoms. The van der Waals surface area contributed by atoms with Crippen LogP contribution in [0.25, 0.3) is 5.57 Å². The Morgan fingerprint density at radius 1 is 1.03 bits per heavy atom. The number of Topliss-reactive ketones (excluding diaryl/α,β-unsaturated/α-hetero) is 1. The average Bonchev–Trinajstić information content (AvgIpc) is 3.02. The summed E-state index contributed by atoms with van der Waals surface area (Å²) in [5.41, 5.74) is 7.05. The van der Waals surface area contributed by atoms with Gasteiger partial charge >= 0.3 is 5.97 Å². The number of hydrogen-bond acceptors (Lipinski definition) is 5. The highest BCUT2D eigenvalue weighted by Crippen LogP contribution is 2.36. The molecule has 0 aliphatic carbocycles. The quantitative estimate of drug-likeness (QED) is 0.487. The van der Waals surface area contributed by atoms with Gasteiger partial charge in [-0.1, -0.05) is 41.9 Å². The molecule has 0 spiro atoms. The lowest BCUT2D eigenvalue weighted by molar-refractivity contribution is -0.120. The molecule has 1 unspecified atom stereocenters. The highest BCUT2D eigenvalue weighted by atomic mass is 35.5. The summed E-state index contributed by atoms with van der Waals surface area (Å²) in [6.07, 6.45) is -1.04. The van der Waals surface area contributed by atoms with Crippen LogP contribution in [0.1, 0.15) is 27.6 Å². The van der Waals surface area contributed by atoms with Crippen molar-refractivity contribution in [3.05, 3.63) is 106 Å². The fourth-order valence-electron chi connectivity index (χ4n) is 3.16. The predicted octanol–water partition coefficient (Wildman–Crippen LogP) is 4.67. The molecule has 3 aromatic carbocycles. The minimum absolute atomic E-state index is 0.0883. The minimum Gasteiger partial charge on any atom is -0.462 e. The second-order valence-corrected chi connectivity index (χ2v) is 7.02. The molecule has 1 aliphatic rings. The van der Waals surface area contributed by atoms with E-state index in [1.54, 1.807) is 42.5 Å². The van der Waals surface area contributed by atoms with Crippen LogP contribution < -0.4 is 10.5 Å². The van der Waals surface area contributed by atoms with Crippen LogP contribution in [-0.4, -0.2) is 11.8 Å². The molecule has 7 heteroatoms. The van der Waals surface area contributed by atoms with E-state index in [4.69, 9.17) is 26.8 Å². The summed E-state index contributed by atoms with van der Waals surface area (Å²) in [5.74, 6) is -1.32. The fraction of sp³-hybridized carbons (Fsp3) is 0.0435. The number of hydrogen-bond donors (Lipinski definition) is 1. The Morgan fingerprint density at radius 2 is 1.80 bits per heavy atom. The Morgan fingerprint density at radius 3 is 2.57 bits per heavy atom. The second-order valence-electron chi connectivity index (χ2n) is 6.58. The molecule has 0 aromatic heterocycles. The van der Waals surface area contributed by atoms with Gasteiger partial charge in [0.2, 0.25) is 5.78 Å². The summed E-state index contributed by atoms with van der Waals surface area (Å²) in [4.78, 5) is 25.4. The molecule has 0 bridgehead atoms. The van der Waals surface area contributed by atoms with Gasteiger partial charge in [0, 0.05) is 10.6 Å². The average molecular weight is 424 g/mol. The summed E-state index contributed by atoms with van der Waals surface area (Å²) in [7, 11) is 0. The highest BCUT2D eigenvalue weighted by Gasteiger charge is 2.36. The SMILES string of the molecule is NC1=C(c2cccc(C(=O)Oc3cccc(Cl)c3)c2)C(=O)C(c2cccc(F)c2)O1. The highest BCUT2D eigenvalue weighted by molar-refractivity contribution is 6.30. The standard InChI is InChI=1S/C23H15ClFNO4/c24-16-7-3-9-18(12-16)29-23(28)15-6-1-4-13(10-15)19-20(27)21(30-22(19)26)14-5-2-8-17(25)11-14/h1-12,21H,26H2. The maximum atomic E-state index is 13.5. The largest absolute Gasteiger partial charge is 0.462 e. The number of ether oxygens (including phenoxy) is 2. The zero-order chi connectivity index (χ0) is 21.3. The van der Waals surface area contributed by atoms with E-state index >= 15 is 0 Å². The lowest BCUT2D eigenvalue weighted by Gasteiger charge is -2.10. The van der Waals surface area contributed by atoms with Crippen molar-refractivity contribution < 1.29 is 23.5 Å². The van der Waals surface area contributed by atoms with Gasteiger partial charge in [0.1, 0.15) is 11.6 Å². The Balaban J connectivity index is 1.59. The zero-order valence-electron chi connectivity index (χ0n) is 15.5. The molecule has 0 fully saturated rings. The molecule has 150 valence electrons. The Kier molecular flexibility index (Phi) is 5.25. The number of ketones is 1. The first-order valence-electron chi connectivity index (χ1n) is 8.96. The summed E-state index contributed by atoms with van der Waals surface area (Å²) in [6, 6.07) is 18.3. The van der Waals surface area contributed by atoms with Crippen LogP contribution in [0.4, 0.5) is 4.39 Å². The third-order valence-electron chi connectivity index (χ3n) is 4.52. The van der Waals surface area contributed by atoms with Crippen LogP contribution in [-0.2, 0) is 9.53 Å². The zero-order valence-corrected chi connectivity index (χ0v) is 16.2. The van der Waals surface area contributed by atoms with Crippen molar-refractivity contribution in [1.29, 1.82) is 0 Å². The first kappa shape index (κ1) is 19.7. The summed E-state index contributed by atoms with van der Waals surface area (Å²) < 4.78 is 24.4. The molecule has 0 saturated carbocycles. The monoisotopic (exact) mass is 423 g/mol. The number of rotatable bonds is 4. The van der Waals surface area contributed by atoms with Gasteiger partial charge in [0.05, 0.1) is 11.1 Å². The molecule has 5 nitrogen and oxygen atoms in total. The van der Waals surface area contributed by atoms with Crippen LogP contribution in [0.3, 0.4) is 0 Å². The maximum Gasteiger partial charge on any atom is 0.343 e. The van der Waals surface area contributed by atoms with E-state index in [0.717, 1.165) is 0 Å². The van der Waals surface area contributed by atoms with E-state index in [1.807, 2.05) is 0 Å². The van der Waals surface area contributed by atoms with Crippen molar-refractivity contribution in [2.75, 3.05) is 0 Å². The third kappa shape index (κ3) is 3.90. The molecular formula is C23H15ClFNO4. The number of carbonyl (C=O) groups is 2. The van der Waals surface area contributed by atoms with Crippen LogP contribution in [0.2, 0.25) is 5.02 Å². The number of benzene rings is 3. The summed E-state index contributed by atoms with van der Waals surface area (Å²) in [5, 5.41) is 0.434. The maximum absolute atomic E-state index is 13.5. The lowest BCUT2D eigenvalue weighted by Crippen LogP contribution is -2.11. The van der Waals surface area contributed by atoms with E-state index in [-0.39, 0.29) is 17.0 Å². The molecule has 0 radical (unpaired) electrons. The molecule has 3 aromatic rings. The fourth-order valence-corrected chi connectivity index (χ4v) is 3.34. The van der Waals surface area contributed by atoms with E-state index in [0.29, 0.717) is 21.9 Å². The molecule has 0 saturated heterocycles. The number of carbonyl (C=O) groups excluding carboxylic acids is 2.